The summed E-state index contributed by atoms with van der Waals surface area (Å²) in [5, 5.41) is 23.2. The van der Waals surface area contributed by atoms with Crippen molar-refractivity contribution in [2.75, 3.05) is 131 Å². The van der Waals surface area contributed by atoms with E-state index >= 15 is 0 Å². The topological polar surface area (TPSA) is 270 Å². The van der Waals surface area contributed by atoms with Gasteiger partial charge in [-0.1, -0.05) is 49.2 Å². The number of carboxylic acid groups (broad SMARTS) is 1. The van der Waals surface area contributed by atoms with E-state index < -0.39 is 12.0 Å². The molecule has 1 atom stereocenters. The third kappa shape index (κ3) is 32.7. The maximum Gasteiger partial charge on any atom is 0.326 e. The van der Waals surface area contributed by atoms with Crippen LogP contribution in [0.5, 0.6) is 0 Å². The largest absolute Gasteiger partial charge is 0.480 e. The smallest absolute Gasteiger partial charge is 0.326 e. The maximum atomic E-state index is 12.5. The van der Waals surface area contributed by atoms with E-state index in [2.05, 4.69) is 95.8 Å². The van der Waals surface area contributed by atoms with Crippen LogP contribution in [0, 0.1) is 13.8 Å². The number of hydrogen-bond donors (Lipinski definition) is 5. The Labute approximate surface area is 561 Å². The van der Waals surface area contributed by atoms with Crippen LogP contribution in [0.15, 0.2) is 84.9 Å². The Balaban J connectivity index is 0.605. The Bertz CT molecular complexity index is 3160. The van der Waals surface area contributed by atoms with Gasteiger partial charge in [-0.25, -0.2) is 14.8 Å². The second kappa shape index (κ2) is 46.5. The predicted molar refractivity (Wildman–Crippen MR) is 368 cm³/mol. The number of benzene rings is 4. The molecule has 2 heterocycles. The molecule has 6 aromatic rings. The molecule has 0 aliphatic rings. The monoisotopic (exact) mass is 1340 g/mol. The van der Waals surface area contributed by atoms with Crippen LogP contribution in [0.4, 0.5) is 5.69 Å². The van der Waals surface area contributed by atoms with E-state index in [1.54, 1.807) is 22.7 Å². The molecule has 23 heteroatoms. The van der Waals surface area contributed by atoms with Crippen molar-refractivity contribution in [1.29, 1.82) is 0 Å². The molecule has 21 nitrogen and oxygen atoms in total. The van der Waals surface area contributed by atoms with E-state index in [-0.39, 0.29) is 55.2 Å². The fraction of sp³-hybridized carbons (Fsp3) is 0.549. The molecule has 0 spiro atoms. The highest BCUT2D eigenvalue weighted by atomic mass is 32.1. The van der Waals surface area contributed by atoms with Crippen molar-refractivity contribution in [2.45, 2.75) is 129 Å². The third-order valence-electron chi connectivity index (χ3n) is 15.1. The number of ketones is 2. The van der Waals surface area contributed by atoms with Gasteiger partial charge in [-0.05, 0) is 130 Å². The minimum Gasteiger partial charge on any atom is -0.480 e. The van der Waals surface area contributed by atoms with E-state index in [4.69, 9.17) is 47.9 Å². The number of aliphatic carboxylic acids is 1. The number of rotatable bonds is 55. The summed E-state index contributed by atoms with van der Waals surface area (Å²) in [6, 6.07) is 28.2. The van der Waals surface area contributed by atoms with Crippen molar-refractivity contribution in [3.05, 3.63) is 102 Å². The lowest BCUT2D eigenvalue weighted by molar-refractivity contribution is -0.142. The van der Waals surface area contributed by atoms with Crippen molar-refractivity contribution in [3.63, 3.8) is 0 Å². The van der Waals surface area contributed by atoms with E-state index in [9.17, 15) is 33.9 Å². The molecule has 6 rings (SSSR count). The molecule has 1 unspecified atom stereocenters. The zero-order chi connectivity index (χ0) is 66.6. The van der Waals surface area contributed by atoms with Crippen molar-refractivity contribution in [3.8, 4) is 21.1 Å². The van der Waals surface area contributed by atoms with Gasteiger partial charge in [-0.2, -0.15) is 0 Å². The summed E-state index contributed by atoms with van der Waals surface area (Å²) >= 11 is 3.39. The van der Waals surface area contributed by atoms with Gasteiger partial charge in [-0.3, -0.25) is 24.0 Å². The molecule has 0 aliphatic carbocycles. The summed E-state index contributed by atoms with van der Waals surface area (Å²) in [6.07, 6.45) is 9.12. The summed E-state index contributed by atoms with van der Waals surface area (Å²) < 4.78 is 46.7. The van der Waals surface area contributed by atoms with Crippen LogP contribution in [0.3, 0.4) is 0 Å². The van der Waals surface area contributed by atoms with Gasteiger partial charge in [0.15, 0.2) is 0 Å². The predicted octanol–water partition coefficient (Wildman–Crippen LogP) is 10.8. The number of carboxylic acids is 1. The number of unbranched alkanes of at least 4 members (excludes halogenated alkanes) is 4. The number of carbonyl (C=O) groups is 6. The molecule has 2 aromatic heterocycles. The number of anilines is 1. The van der Waals surface area contributed by atoms with Gasteiger partial charge in [0.1, 0.15) is 27.6 Å². The molecular formula is C71H98N6O15S2. The first-order chi connectivity index (χ1) is 45.9. The molecule has 0 bridgehead atoms. The first-order valence-corrected chi connectivity index (χ1v) is 34.9. The minimum absolute atomic E-state index is 0.0568. The summed E-state index contributed by atoms with van der Waals surface area (Å²) in [4.78, 5) is 83.0. The fourth-order valence-corrected chi connectivity index (χ4v) is 11.9. The van der Waals surface area contributed by atoms with Crippen molar-refractivity contribution in [2.24, 2.45) is 0 Å². The first kappa shape index (κ1) is 76.4. The third-order valence-corrected chi connectivity index (χ3v) is 17.2. The highest BCUT2D eigenvalue weighted by Gasteiger charge is 2.20. The summed E-state index contributed by atoms with van der Waals surface area (Å²) in [5.41, 5.74) is 8.82. The van der Waals surface area contributed by atoms with Gasteiger partial charge in [0, 0.05) is 88.0 Å². The van der Waals surface area contributed by atoms with Gasteiger partial charge in [0.05, 0.1) is 120 Å². The number of hydrogen-bond acceptors (Lipinski definition) is 19. The fourth-order valence-electron chi connectivity index (χ4n) is 9.79. The summed E-state index contributed by atoms with van der Waals surface area (Å²) in [6.45, 7) is 11.7. The normalized spacial score (nSPS) is 11.7. The number of Topliss-reactive ketones (excluding diaryl/α,β-unsaturated/α-hetero) is 2. The minimum atomic E-state index is -1.10. The van der Waals surface area contributed by atoms with Gasteiger partial charge in [0.2, 0.25) is 17.7 Å². The quantitative estimate of drug-likeness (QED) is 0.0222. The number of aromatic nitrogens is 2. The Hall–Kier alpha value is -6.64. The second-order valence-corrected chi connectivity index (χ2v) is 25.0. The highest BCUT2D eigenvalue weighted by molar-refractivity contribution is 7.22. The average molecular weight is 1340 g/mol. The number of aryl methyl sites for hydroxylation is 3. The molecule has 514 valence electrons. The second-order valence-electron chi connectivity index (χ2n) is 22.9. The van der Waals surface area contributed by atoms with Gasteiger partial charge < -0.3 is 64.3 Å². The van der Waals surface area contributed by atoms with Crippen molar-refractivity contribution < 1.29 is 71.8 Å². The lowest BCUT2D eigenvalue weighted by atomic mass is 10.0. The Morgan fingerprint density at radius 2 is 0.894 bits per heavy atom. The zero-order valence-corrected chi connectivity index (χ0v) is 56.6. The number of carbonyl (C=O) groups excluding carboxylic acids is 5. The zero-order valence-electron chi connectivity index (χ0n) is 55.0. The molecule has 0 aliphatic heterocycles. The van der Waals surface area contributed by atoms with Gasteiger partial charge in [-0.15, -0.1) is 22.7 Å². The lowest BCUT2D eigenvalue weighted by Crippen LogP contribution is -2.40. The number of ether oxygens (including phenoxy) is 8. The van der Waals surface area contributed by atoms with Crippen LogP contribution in [0.25, 0.3) is 41.6 Å². The number of thiazole rings is 2. The van der Waals surface area contributed by atoms with E-state index in [1.807, 2.05) is 24.3 Å². The molecule has 0 saturated carbocycles. The SMILES string of the molecule is Cc1ccc2nc(-c3ccc(CCCC(=O)CCCOCCOCCOCCOCCC(=O)CCCCCCC(=O)NC(CCCCNC(=O)CCOCCOCCOCCOCCNC(=O)CCNc4ccc(-c5nc6ccc(C)cc6s5)cc4)C(=O)O)cc3)sc2c1. The molecule has 94 heavy (non-hydrogen) atoms. The lowest BCUT2D eigenvalue weighted by Gasteiger charge is -2.14. The van der Waals surface area contributed by atoms with E-state index in [1.165, 1.54) is 26.1 Å². The molecule has 0 saturated heterocycles. The molecule has 4 aromatic carbocycles. The number of fused-ring (bicyclic) bond motifs is 2. The van der Waals surface area contributed by atoms with Crippen LogP contribution in [-0.2, 0) is 73.1 Å². The maximum absolute atomic E-state index is 12.5. The van der Waals surface area contributed by atoms with E-state index in [0.717, 1.165) is 63.5 Å². The Morgan fingerprint density at radius 3 is 1.47 bits per heavy atom. The average Bonchev–Trinajstić information content (AvgIpc) is 1.73. The summed E-state index contributed by atoms with van der Waals surface area (Å²) in [5.74, 6) is -1.27. The number of nitrogens with zero attached hydrogens (tertiary/aromatic N) is 2. The molecule has 0 fully saturated rings. The standard InChI is InChI=1S/C71H98N6O15S2/c1-53-17-27-61-64(51-53)93-69(76-61)56-21-19-55(20-22-56)11-9-13-59(78)14-10-35-85-39-43-89-47-48-90-44-40-86-36-30-60(79)12-5-3-4-6-16-68(82)75-63(71(83)84)15-7-8-32-73-67(81)31-37-87-41-45-91-49-50-92-46-42-88-38-34-74-66(80)29-33-72-58-25-23-57(24-26-58)70-77-62-28-18-54(2)52-65(62)94-70/h17-28,51-52,63,72H,3-16,29-50H2,1-2H3,(H,73,81)(H,74,80)(H,75,82)(H,83,84). The molecule has 5 N–H and O–H groups in total. The van der Waals surface area contributed by atoms with Crippen LogP contribution in [0.1, 0.15) is 119 Å². The van der Waals surface area contributed by atoms with Gasteiger partial charge in [0.25, 0.3) is 0 Å². The molecular weight excluding hydrogens is 1240 g/mol. The Morgan fingerprint density at radius 1 is 0.426 bits per heavy atom. The van der Waals surface area contributed by atoms with Crippen LogP contribution in [-0.4, -0.2) is 182 Å². The van der Waals surface area contributed by atoms with Crippen LogP contribution in [0.2, 0.25) is 0 Å². The Kier molecular flexibility index (Phi) is 37.8. The van der Waals surface area contributed by atoms with Crippen molar-refractivity contribution >= 4 is 84.1 Å². The van der Waals surface area contributed by atoms with Crippen LogP contribution >= 0.6 is 22.7 Å². The molecule has 0 radical (unpaired) electrons. The van der Waals surface area contributed by atoms with Gasteiger partial charge >= 0.3 is 5.97 Å². The number of amides is 3. The highest BCUT2D eigenvalue weighted by Crippen LogP contribution is 2.33. The molecule has 3 amide bonds. The van der Waals surface area contributed by atoms with Crippen LogP contribution < -0.4 is 21.3 Å². The van der Waals surface area contributed by atoms with E-state index in [0.29, 0.717) is 183 Å². The number of nitrogens with one attached hydrogen (secondary N) is 4. The summed E-state index contributed by atoms with van der Waals surface area (Å²) in [7, 11) is 0. The first-order valence-electron chi connectivity index (χ1n) is 33.3. The van der Waals surface area contributed by atoms with Crippen molar-refractivity contribution in [1.82, 2.24) is 25.9 Å².